The summed E-state index contributed by atoms with van der Waals surface area (Å²) >= 11 is 0. The van der Waals surface area contributed by atoms with E-state index in [1.165, 1.54) is 10.9 Å². The minimum absolute atomic E-state index is 0.390. The van der Waals surface area contributed by atoms with E-state index in [0.717, 1.165) is 0 Å². The van der Waals surface area contributed by atoms with Gasteiger partial charge < -0.3 is 5.32 Å². The van der Waals surface area contributed by atoms with Crippen LogP contribution in [0.1, 0.15) is 5.56 Å². The van der Waals surface area contributed by atoms with Gasteiger partial charge in [-0.15, -0.1) is 0 Å². The molecule has 0 aliphatic heterocycles. The second-order valence-electron chi connectivity index (χ2n) is 3.82. The van der Waals surface area contributed by atoms with Crippen molar-refractivity contribution < 1.29 is 0 Å². The molecular weight excluding hydrogens is 254 g/mol. The van der Waals surface area contributed by atoms with E-state index < -0.39 is 0 Å². The summed E-state index contributed by atoms with van der Waals surface area (Å²) in [4.78, 5) is 12.4. The Hall–Kier alpha value is -3.27. The fourth-order valence-corrected chi connectivity index (χ4v) is 1.67. The van der Waals surface area contributed by atoms with Crippen molar-refractivity contribution in [1.29, 1.82) is 5.26 Å². The second kappa shape index (κ2) is 5.16. The summed E-state index contributed by atoms with van der Waals surface area (Å²) in [5, 5.41) is 16.3. The molecule has 0 fully saturated rings. The number of nitrogens with one attached hydrogen (secondary N) is 1. The van der Waals surface area contributed by atoms with Gasteiger partial charge in [0.25, 0.3) is 0 Å². The fraction of sp³-hybridized carbons (Fsp3) is 0. The number of aromatic nitrogens is 5. The Morgan fingerprint density at radius 1 is 1.05 bits per heavy atom. The lowest BCUT2D eigenvalue weighted by molar-refractivity contribution is 0.852. The van der Waals surface area contributed by atoms with E-state index in [0.29, 0.717) is 23.1 Å². The van der Waals surface area contributed by atoms with E-state index in [1.807, 2.05) is 12.1 Å². The summed E-state index contributed by atoms with van der Waals surface area (Å²) in [5.41, 5.74) is 0.392. The van der Waals surface area contributed by atoms with Crippen LogP contribution in [0.15, 0.2) is 49.1 Å². The molecule has 0 aliphatic carbocycles. The minimum Gasteiger partial charge on any atom is -0.307 e. The third kappa shape index (κ3) is 2.18. The van der Waals surface area contributed by atoms with Crippen molar-refractivity contribution in [2.24, 2.45) is 0 Å². The standard InChI is InChI=1S/C13H9N7/c14-8-10-9-18-20(11-4-1-2-5-15-11)12(10)19-13-16-6-3-7-17-13/h1-7,9H,(H,16,17,19). The smallest absolute Gasteiger partial charge is 0.228 e. The van der Waals surface area contributed by atoms with E-state index in [2.05, 4.69) is 31.4 Å². The molecule has 0 bridgehead atoms. The molecule has 20 heavy (non-hydrogen) atoms. The van der Waals surface area contributed by atoms with Gasteiger partial charge in [-0.3, -0.25) is 0 Å². The van der Waals surface area contributed by atoms with Crippen LogP contribution in [0.25, 0.3) is 5.82 Å². The highest BCUT2D eigenvalue weighted by Crippen LogP contribution is 2.20. The van der Waals surface area contributed by atoms with Crippen molar-refractivity contribution in [3.8, 4) is 11.9 Å². The molecule has 0 aliphatic rings. The molecule has 7 nitrogen and oxygen atoms in total. The van der Waals surface area contributed by atoms with Gasteiger partial charge in [0.05, 0.1) is 6.20 Å². The number of nitrogens with zero attached hydrogens (tertiary/aromatic N) is 6. The minimum atomic E-state index is 0.390. The Kier molecular flexibility index (Phi) is 3.04. The van der Waals surface area contributed by atoms with Crippen LogP contribution in [-0.2, 0) is 0 Å². The molecule has 0 atom stereocenters. The predicted molar refractivity (Wildman–Crippen MR) is 71.4 cm³/mol. The zero-order valence-corrected chi connectivity index (χ0v) is 10.3. The van der Waals surface area contributed by atoms with Crippen LogP contribution >= 0.6 is 0 Å². The summed E-state index contributed by atoms with van der Waals surface area (Å²) < 4.78 is 1.54. The topological polar surface area (TPSA) is 92.3 Å². The zero-order chi connectivity index (χ0) is 13.8. The average Bonchev–Trinajstić information content (AvgIpc) is 2.92. The molecule has 3 aromatic rings. The third-order valence-electron chi connectivity index (χ3n) is 2.55. The fourth-order valence-electron chi connectivity index (χ4n) is 1.67. The third-order valence-corrected chi connectivity index (χ3v) is 2.55. The van der Waals surface area contributed by atoms with Crippen LogP contribution in [0.4, 0.5) is 11.8 Å². The van der Waals surface area contributed by atoms with Crippen molar-refractivity contribution in [2.45, 2.75) is 0 Å². The monoisotopic (exact) mass is 263 g/mol. The molecule has 7 heteroatoms. The van der Waals surface area contributed by atoms with Crippen LogP contribution in [0.5, 0.6) is 0 Å². The van der Waals surface area contributed by atoms with E-state index in [1.54, 1.807) is 30.7 Å². The molecule has 0 saturated heterocycles. The molecule has 0 amide bonds. The summed E-state index contributed by atoms with van der Waals surface area (Å²) in [6.45, 7) is 0. The second-order valence-corrected chi connectivity index (χ2v) is 3.82. The van der Waals surface area contributed by atoms with Crippen LogP contribution in [0, 0.1) is 11.3 Å². The lowest BCUT2D eigenvalue weighted by atomic mass is 10.3. The molecule has 3 heterocycles. The lowest BCUT2D eigenvalue weighted by Crippen LogP contribution is -2.06. The van der Waals surface area contributed by atoms with Crippen molar-refractivity contribution in [3.05, 3.63) is 54.6 Å². The molecule has 0 aromatic carbocycles. The van der Waals surface area contributed by atoms with E-state index in [4.69, 9.17) is 5.26 Å². The highest BCUT2D eigenvalue weighted by atomic mass is 15.4. The van der Waals surface area contributed by atoms with Gasteiger partial charge in [0.2, 0.25) is 5.95 Å². The first-order valence-corrected chi connectivity index (χ1v) is 5.82. The van der Waals surface area contributed by atoms with Gasteiger partial charge in [0.1, 0.15) is 11.6 Å². The first-order valence-electron chi connectivity index (χ1n) is 5.82. The van der Waals surface area contributed by atoms with Crippen LogP contribution < -0.4 is 5.32 Å². The van der Waals surface area contributed by atoms with Crippen LogP contribution in [-0.4, -0.2) is 24.7 Å². The first kappa shape index (κ1) is 11.8. The number of nitriles is 1. The highest BCUT2D eigenvalue weighted by molar-refractivity contribution is 5.60. The number of pyridine rings is 1. The number of rotatable bonds is 3. The molecular formula is C13H9N7. The zero-order valence-electron chi connectivity index (χ0n) is 10.3. The summed E-state index contributed by atoms with van der Waals surface area (Å²) in [5.74, 6) is 1.48. The Bertz CT molecular complexity index is 743. The predicted octanol–water partition coefficient (Wildman–Crippen LogP) is 1.67. The maximum Gasteiger partial charge on any atom is 0.228 e. The van der Waals surface area contributed by atoms with Gasteiger partial charge in [-0.1, -0.05) is 6.07 Å². The van der Waals surface area contributed by atoms with E-state index in [-0.39, 0.29) is 0 Å². The summed E-state index contributed by atoms with van der Waals surface area (Å²) in [6.07, 6.45) is 6.36. The van der Waals surface area contributed by atoms with Gasteiger partial charge in [-0.05, 0) is 18.2 Å². The molecule has 96 valence electrons. The van der Waals surface area contributed by atoms with E-state index in [9.17, 15) is 0 Å². The maximum atomic E-state index is 9.15. The van der Waals surface area contributed by atoms with Gasteiger partial charge in [0, 0.05) is 18.6 Å². The normalized spacial score (nSPS) is 9.95. The van der Waals surface area contributed by atoms with Crippen molar-refractivity contribution in [1.82, 2.24) is 24.7 Å². The van der Waals surface area contributed by atoms with Crippen LogP contribution in [0.3, 0.4) is 0 Å². The lowest BCUT2D eigenvalue weighted by Gasteiger charge is -2.07. The van der Waals surface area contributed by atoms with Crippen molar-refractivity contribution in [2.75, 3.05) is 5.32 Å². The number of hydrogen-bond donors (Lipinski definition) is 1. The Balaban J connectivity index is 2.05. The molecule has 0 radical (unpaired) electrons. The largest absolute Gasteiger partial charge is 0.307 e. The van der Waals surface area contributed by atoms with Gasteiger partial charge >= 0.3 is 0 Å². The van der Waals surface area contributed by atoms with Crippen molar-refractivity contribution >= 4 is 11.8 Å². The average molecular weight is 263 g/mol. The van der Waals surface area contributed by atoms with Crippen molar-refractivity contribution in [3.63, 3.8) is 0 Å². The SMILES string of the molecule is N#Cc1cnn(-c2ccccn2)c1Nc1ncccn1. The number of hydrogen-bond acceptors (Lipinski definition) is 6. The Morgan fingerprint density at radius 2 is 1.85 bits per heavy atom. The highest BCUT2D eigenvalue weighted by Gasteiger charge is 2.13. The molecule has 0 saturated carbocycles. The quantitative estimate of drug-likeness (QED) is 0.772. The Labute approximate surface area is 114 Å². The number of anilines is 2. The van der Waals surface area contributed by atoms with E-state index >= 15 is 0 Å². The Morgan fingerprint density at radius 3 is 2.55 bits per heavy atom. The van der Waals surface area contributed by atoms with Gasteiger partial charge in [-0.2, -0.15) is 15.0 Å². The molecule has 3 rings (SSSR count). The maximum absolute atomic E-state index is 9.15. The first-order chi connectivity index (χ1) is 9.88. The molecule has 1 N–H and O–H groups in total. The molecule has 0 unspecified atom stereocenters. The molecule has 3 aromatic heterocycles. The summed E-state index contributed by atoms with van der Waals surface area (Å²) in [7, 11) is 0. The van der Waals surface area contributed by atoms with Crippen LogP contribution in [0.2, 0.25) is 0 Å². The summed E-state index contributed by atoms with van der Waals surface area (Å²) in [6, 6.07) is 9.25. The van der Waals surface area contributed by atoms with Gasteiger partial charge in [-0.25, -0.2) is 15.0 Å². The molecule has 0 spiro atoms. The van der Waals surface area contributed by atoms with Gasteiger partial charge in [0.15, 0.2) is 11.6 Å².